The summed E-state index contributed by atoms with van der Waals surface area (Å²) in [7, 11) is 0. The second-order valence-corrected chi connectivity index (χ2v) is 4.49. The molecule has 1 aromatic heterocycles. The third-order valence-electron chi connectivity index (χ3n) is 2.84. The second-order valence-electron chi connectivity index (χ2n) is 4.49. The fourth-order valence-corrected chi connectivity index (χ4v) is 1.80. The molecule has 110 valence electrons. The summed E-state index contributed by atoms with van der Waals surface area (Å²) in [6, 6.07) is 8.18. The van der Waals surface area contributed by atoms with Crippen molar-refractivity contribution in [2.24, 2.45) is 0 Å². The molecule has 1 N–H and O–H groups in total. The summed E-state index contributed by atoms with van der Waals surface area (Å²) >= 11 is 0. The Labute approximate surface area is 119 Å². The Hall–Kier alpha value is -2.37. The van der Waals surface area contributed by atoms with Gasteiger partial charge in [-0.3, -0.25) is 9.78 Å². The fraction of sp³-hybridized carbons (Fsp3) is 0.200. The number of hydrogen-bond donors (Lipinski definition) is 1. The van der Waals surface area contributed by atoms with Gasteiger partial charge >= 0.3 is 6.18 Å². The second kappa shape index (κ2) is 6.39. The van der Waals surface area contributed by atoms with E-state index in [1.807, 2.05) is 6.07 Å². The van der Waals surface area contributed by atoms with E-state index >= 15 is 0 Å². The highest BCUT2D eigenvalue weighted by Gasteiger charge is 2.30. The Morgan fingerprint density at radius 3 is 2.67 bits per heavy atom. The molecule has 6 heteroatoms. The molecule has 3 nitrogen and oxygen atoms in total. The Morgan fingerprint density at radius 2 is 2.00 bits per heavy atom. The molecule has 0 aliphatic carbocycles. The average Bonchev–Trinajstić information content (AvgIpc) is 2.46. The zero-order valence-corrected chi connectivity index (χ0v) is 11.0. The quantitative estimate of drug-likeness (QED) is 0.934. The summed E-state index contributed by atoms with van der Waals surface area (Å²) in [5.74, 6) is -0.335. The number of nitrogens with zero attached hydrogens (tertiary/aromatic N) is 1. The van der Waals surface area contributed by atoms with Crippen molar-refractivity contribution in [3.05, 3.63) is 59.9 Å². The highest BCUT2D eigenvalue weighted by molar-refractivity contribution is 5.90. The first kappa shape index (κ1) is 15.0. The molecular weight excluding hydrogens is 281 g/mol. The van der Waals surface area contributed by atoms with Crippen LogP contribution in [0.25, 0.3) is 0 Å². The monoisotopic (exact) mass is 294 g/mol. The number of aryl methyl sites for hydroxylation is 1. The number of aromatic nitrogens is 1. The van der Waals surface area contributed by atoms with Crippen LogP contribution < -0.4 is 5.32 Å². The van der Waals surface area contributed by atoms with E-state index in [1.165, 1.54) is 12.1 Å². The van der Waals surface area contributed by atoms with E-state index in [1.54, 1.807) is 18.5 Å². The van der Waals surface area contributed by atoms with Crippen LogP contribution in [0.5, 0.6) is 0 Å². The zero-order chi connectivity index (χ0) is 15.3. The van der Waals surface area contributed by atoms with Gasteiger partial charge in [0, 0.05) is 24.5 Å². The summed E-state index contributed by atoms with van der Waals surface area (Å²) in [6.45, 7) is 0. The van der Waals surface area contributed by atoms with Crippen molar-refractivity contribution in [3.63, 3.8) is 0 Å². The van der Waals surface area contributed by atoms with Gasteiger partial charge in [-0.1, -0.05) is 12.1 Å². The number of hydrogen-bond acceptors (Lipinski definition) is 2. The molecule has 0 saturated heterocycles. The lowest BCUT2D eigenvalue weighted by Crippen LogP contribution is -2.13. The number of halogens is 3. The molecule has 2 aromatic rings. The topological polar surface area (TPSA) is 42.0 Å². The van der Waals surface area contributed by atoms with Crippen LogP contribution in [0.2, 0.25) is 0 Å². The minimum absolute atomic E-state index is 0.140. The first-order valence-electron chi connectivity index (χ1n) is 6.31. The summed E-state index contributed by atoms with van der Waals surface area (Å²) in [5, 5.41) is 2.47. The van der Waals surface area contributed by atoms with Crippen LogP contribution in [-0.2, 0) is 17.4 Å². The Kier molecular flexibility index (Phi) is 4.57. The standard InChI is InChI=1S/C15H13F3N2O/c16-15(17,18)12-4-1-5-13(9-12)20-14(21)7-6-11-3-2-8-19-10-11/h1-5,8-10H,6-7H2,(H,20,21). The predicted octanol–water partition coefficient (Wildman–Crippen LogP) is 3.67. The van der Waals surface area contributed by atoms with Crippen molar-refractivity contribution < 1.29 is 18.0 Å². The van der Waals surface area contributed by atoms with E-state index in [9.17, 15) is 18.0 Å². The van der Waals surface area contributed by atoms with Gasteiger partial charge in [-0.25, -0.2) is 0 Å². The lowest BCUT2D eigenvalue weighted by Gasteiger charge is -2.09. The number of alkyl halides is 3. The number of anilines is 1. The summed E-state index contributed by atoms with van der Waals surface area (Å²) < 4.78 is 37.7. The van der Waals surface area contributed by atoms with Gasteiger partial charge in [-0.05, 0) is 36.2 Å². The minimum Gasteiger partial charge on any atom is -0.326 e. The van der Waals surface area contributed by atoms with Gasteiger partial charge in [-0.15, -0.1) is 0 Å². The molecule has 0 spiro atoms. The molecule has 0 aliphatic rings. The van der Waals surface area contributed by atoms with E-state index in [0.717, 1.165) is 17.7 Å². The number of rotatable bonds is 4. The van der Waals surface area contributed by atoms with Gasteiger partial charge in [-0.2, -0.15) is 13.2 Å². The van der Waals surface area contributed by atoms with Crippen LogP contribution in [0.1, 0.15) is 17.5 Å². The Balaban J connectivity index is 1.94. The van der Waals surface area contributed by atoms with Crippen molar-refractivity contribution >= 4 is 11.6 Å². The Bertz CT molecular complexity index is 612. The van der Waals surface area contributed by atoms with Crippen LogP contribution in [0.3, 0.4) is 0 Å². The van der Waals surface area contributed by atoms with Crippen molar-refractivity contribution in [1.29, 1.82) is 0 Å². The van der Waals surface area contributed by atoms with Gasteiger partial charge in [0.25, 0.3) is 0 Å². The number of nitrogens with one attached hydrogen (secondary N) is 1. The number of carbonyl (C=O) groups excluding carboxylic acids is 1. The van der Waals surface area contributed by atoms with E-state index in [4.69, 9.17) is 0 Å². The van der Waals surface area contributed by atoms with Crippen LogP contribution in [0.15, 0.2) is 48.8 Å². The molecule has 0 atom stereocenters. The molecule has 0 bridgehead atoms. The predicted molar refractivity (Wildman–Crippen MR) is 72.6 cm³/mol. The van der Waals surface area contributed by atoms with Gasteiger partial charge in [0.1, 0.15) is 0 Å². The maximum Gasteiger partial charge on any atom is 0.416 e. The van der Waals surface area contributed by atoms with Crippen LogP contribution >= 0.6 is 0 Å². The molecule has 21 heavy (non-hydrogen) atoms. The average molecular weight is 294 g/mol. The molecule has 0 aliphatic heterocycles. The maximum atomic E-state index is 12.6. The van der Waals surface area contributed by atoms with Crippen LogP contribution in [0, 0.1) is 0 Å². The maximum absolute atomic E-state index is 12.6. The van der Waals surface area contributed by atoms with Crippen LogP contribution in [0.4, 0.5) is 18.9 Å². The molecule has 0 unspecified atom stereocenters. The highest BCUT2D eigenvalue weighted by atomic mass is 19.4. The van der Waals surface area contributed by atoms with E-state index < -0.39 is 11.7 Å². The number of benzene rings is 1. The highest BCUT2D eigenvalue weighted by Crippen LogP contribution is 2.30. The summed E-state index contributed by atoms with van der Waals surface area (Å²) in [5.41, 5.74) is 0.255. The lowest BCUT2D eigenvalue weighted by atomic mass is 10.1. The van der Waals surface area contributed by atoms with E-state index in [-0.39, 0.29) is 18.0 Å². The summed E-state index contributed by atoms with van der Waals surface area (Å²) in [4.78, 5) is 15.7. The minimum atomic E-state index is -4.42. The number of carbonyl (C=O) groups is 1. The van der Waals surface area contributed by atoms with Crippen LogP contribution in [-0.4, -0.2) is 10.9 Å². The largest absolute Gasteiger partial charge is 0.416 e. The lowest BCUT2D eigenvalue weighted by molar-refractivity contribution is -0.137. The smallest absolute Gasteiger partial charge is 0.326 e. The molecule has 2 rings (SSSR count). The number of amides is 1. The van der Waals surface area contributed by atoms with Gasteiger partial charge in [0.15, 0.2) is 0 Å². The van der Waals surface area contributed by atoms with Gasteiger partial charge in [0.05, 0.1) is 5.56 Å². The summed E-state index contributed by atoms with van der Waals surface area (Å²) in [6.07, 6.45) is -0.471. The molecule has 1 amide bonds. The third-order valence-corrected chi connectivity index (χ3v) is 2.84. The van der Waals surface area contributed by atoms with E-state index in [2.05, 4.69) is 10.3 Å². The molecule has 0 fully saturated rings. The SMILES string of the molecule is O=C(CCc1cccnc1)Nc1cccc(C(F)(F)F)c1. The molecular formula is C15H13F3N2O. The number of pyridine rings is 1. The molecule has 0 radical (unpaired) electrons. The fourth-order valence-electron chi connectivity index (χ4n) is 1.80. The van der Waals surface area contributed by atoms with Crippen molar-refractivity contribution in [3.8, 4) is 0 Å². The van der Waals surface area contributed by atoms with Gasteiger partial charge < -0.3 is 5.32 Å². The molecule has 0 saturated carbocycles. The van der Waals surface area contributed by atoms with Crippen molar-refractivity contribution in [2.45, 2.75) is 19.0 Å². The Morgan fingerprint density at radius 1 is 1.19 bits per heavy atom. The van der Waals surface area contributed by atoms with E-state index in [0.29, 0.717) is 6.42 Å². The van der Waals surface area contributed by atoms with Crippen molar-refractivity contribution in [1.82, 2.24) is 4.98 Å². The first-order chi connectivity index (χ1) is 9.95. The molecule has 1 aromatic carbocycles. The first-order valence-corrected chi connectivity index (χ1v) is 6.31. The zero-order valence-electron chi connectivity index (χ0n) is 11.0. The van der Waals surface area contributed by atoms with Gasteiger partial charge in [0.2, 0.25) is 5.91 Å². The third kappa shape index (κ3) is 4.59. The normalized spacial score (nSPS) is 11.2. The molecule has 1 heterocycles. The van der Waals surface area contributed by atoms with Crippen molar-refractivity contribution in [2.75, 3.05) is 5.32 Å².